The van der Waals surface area contributed by atoms with Crippen molar-refractivity contribution in [2.75, 3.05) is 25.9 Å². The Morgan fingerprint density at radius 3 is 2.63 bits per heavy atom. The number of nitrogens with zero attached hydrogens (tertiary/aromatic N) is 1. The molecule has 0 aliphatic carbocycles. The lowest BCUT2D eigenvalue weighted by Crippen LogP contribution is -2.26. The minimum atomic E-state index is -3.29. The average Bonchev–Trinajstić information content (AvgIpc) is 2.37. The first-order chi connectivity index (χ1) is 8.86. The van der Waals surface area contributed by atoms with Gasteiger partial charge in [0.25, 0.3) is 0 Å². The molecule has 0 radical (unpaired) electrons. The molecule has 0 aliphatic rings. The third kappa shape index (κ3) is 4.89. The minimum absolute atomic E-state index is 0.101. The van der Waals surface area contributed by atoms with Crippen molar-refractivity contribution in [1.29, 1.82) is 0 Å². The topological polar surface area (TPSA) is 63.4 Å². The van der Waals surface area contributed by atoms with Crippen molar-refractivity contribution in [2.24, 2.45) is 5.73 Å². The lowest BCUT2D eigenvalue weighted by Gasteiger charge is -2.15. The molecule has 0 saturated carbocycles. The number of nitrogens with two attached hydrogens (primary N) is 1. The van der Waals surface area contributed by atoms with Crippen LogP contribution in [0.25, 0.3) is 0 Å². The van der Waals surface area contributed by atoms with E-state index in [0.717, 1.165) is 13.0 Å². The Labute approximate surface area is 120 Å². The number of hydrogen-bond donors (Lipinski definition) is 1. The molecule has 106 valence electrons. The Hall–Kier alpha value is -0.980. The SMILES string of the molecule is CCCN(C)CCS(=O)(=O)c1cccc(C(N)=S)c1. The molecular weight excluding hydrogens is 280 g/mol. The summed E-state index contributed by atoms with van der Waals surface area (Å²) in [5, 5.41) is 0. The number of rotatable bonds is 7. The predicted octanol–water partition coefficient (Wildman–Crippen LogP) is 1.44. The van der Waals surface area contributed by atoms with Crippen molar-refractivity contribution in [3.63, 3.8) is 0 Å². The van der Waals surface area contributed by atoms with Gasteiger partial charge < -0.3 is 10.6 Å². The average molecular weight is 300 g/mol. The highest BCUT2D eigenvalue weighted by molar-refractivity contribution is 7.91. The third-order valence-electron chi connectivity index (χ3n) is 2.82. The Balaban J connectivity index is 2.83. The first-order valence-electron chi connectivity index (χ1n) is 6.18. The molecule has 4 nitrogen and oxygen atoms in total. The van der Waals surface area contributed by atoms with Gasteiger partial charge in [0.05, 0.1) is 10.6 Å². The predicted molar refractivity (Wildman–Crippen MR) is 82.2 cm³/mol. The summed E-state index contributed by atoms with van der Waals surface area (Å²) in [6.07, 6.45) is 1.01. The van der Waals surface area contributed by atoms with Gasteiger partial charge in [-0.1, -0.05) is 31.3 Å². The summed E-state index contributed by atoms with van der Waals surface area (Å²) < 4.78 is 24.4. The van der Waals surface area contributed by atoms with Crippen LogP contribution in [-0.4, -0.2) is 44.2 Å². The van der Waals surface area contributed by atoms with E-state index in [1.165, 1.54) is 6.07 Å². The van der Waals surface area contributed by atoms with Crippen LogP contribution < -0.4 is 5.73 Å². The molecule has 0 unspecified atom stereocenters. The van der Waals surface area contributed by atoms with Crippen molar-refractivity contribution in [1.82, 2.24) is 4.90 Å². The summed E-state index contributed by atoms with van der Waals surface area (Å²) in [7, 11) is -1.37. The molecule has 0 bridgehead atoms. The Morgan fingerprint density at radius 2 is 2.05 bits per heavy atom. The van der Waals surface area contributed by atoms with Crippen LogP contribution in [0.5, 0.6) is 0 Å². The molecule has 1 aromatic rings. The van der Waals surface area contributed by atoms with E-state index >= 15 is 0 Å². The van der Waals surface area contributed by atoms with E-state index in [4.69, 9.17) is 18.0 Å². The van der Waals surface area contributed by atoms with Crippen molar-refractivity contribution in [3.8, 4) is 0 Å². The van der Waals surface area contributed by atoms with E-state index in [0.29, 0.717) is 12.1 Å². The fraction of sp³-hybridized carbons (Fsp3) is 0.462. The molecule has 1 rings (SSSR count). The van der Waals surface area contributed by atoms with Gasteiger partial charge >= 0.3 is 0 Å². The smallest absolute Gasteiger partial charge is 0.179 e. The maximum Gasteiger partial charge on any atom is 0.179 e. The number of sulfone groups is 1. The minimum Gasteiger partial charge on any atom is -0.389 e. The Morgan fingerprint density at radius 1 is 1.37 bits per heavy atom. The monoisotopic (exact) mass is 300 g/mol. The van der Waals surface area contributed by atoms with Gasteiger partial charge in [-0.05, 0) is 32.1 Å². The van der Waals surface area contributed by atoms with E-state index in [9.17, 15) is 8.42 Å². The highest BCUT2D eigenvalue weighted by atomic mass is 32.2. The zero-order valence-electron chi connectivity index (χ0n) is 11.3. The second-order valence-electron chi connectivity index (χ2n) is 4.51. The molecule has 1 aromatic carbocycles. The molecule has 0 saturated heterocycles. The van der Waals surface area contributed by atoms with Gasteiger partial charge in [0.15, 0.2) is 9.84 Å². The normalized spacial score (nSPS) is 11.7. The van der Waals surface area contributed by atoms with Crippen LogP contribution in [0.3, 0.4) is 0 Å². The van der Waals surface area contributed by atoms with Crippen LogP contribution in [0, 0.1) is 0 Å². The molecule has 6 heteroatoms. The lowest BCUT2D eigenvalue weighted by atomic mass is 10.2. The fourth-order valence-electron chi connectivity index (χ4n) is 1.73. The molecular formula is C13H20N2O2S2. The molecule has 0 aliphatic heterocycles. The molecule has 19 heavy (non-hydrogen) atoms. The van der Waals surface area contributed by atoms with Crippen LogP contribution in [0.2, 0.25) is 0 Å². The zero-order valence-corrected chi connectivity index (χ0v) is 12.9. The largest absolute Gasteiger partial charge is 0.389 e. The second-order valence-corrected chi connectivity index (χ2v) is 7.06. The van der Waals surface area contributed by atoms with E-state index in [1.807, 2.05) is 11.9 Å². The molecule has 0 fully saturated rings. The van der Waals surface area contributed by atoms with Gasteiger partial charge in [0.1, 0.15) is 4.99 Å². The quantitative estimate of drug-likeness (QED) is 0.772. The van der Waals surface area contributed by atoms with Crippen LogP contribution in [0.15, 0.2) is 29.2 Å². The first-order valence-corrected chi connectivity index (χ1v) is 8.24. The molecule has 0 spiro atoms. The summed E-state index contributed by atoms with van der Waals surface area (Å²) in [6, 6.07) is 6.50. The molecule has 0 aromatic heterocycles. The third-order valence-corrected chi connectivity index (χ3v) is 4.75. The van der Waals surface area contributed by atoms with Gasteiger partial charge in [-0.2, -0.15) is 0 Å². The Bertz CT molecular complexity index is 541. The number of thiocarbonyl (C=S) groups is 1. The van der Waals surface area contributed by atoms with Crippen molar-refractivity contribution in [2.45, 2.75) is 18.2 Å². The standard InChI is InChI=1S/C13H20N2O2S2/c1-3-7-15(2)8-9-19(16,17)12-6-4-5-11(10-12)13(14)18/h4-6,10H,3,7-9H2,1-2H3,(H2,14,18). The summed E-state index contributed by atoms with van der Waals surface area (Å²) >= 11 is 4.86. The summed E-state index contributed by atoms with van der Waals surface area (Å²) in [5.74, 6) is 0.101. The van der Waals surface area contributed by atoms with Gasteiger partial charge in [-0.25, -0.2) is 8.42 Å². The first kappa shape index (κ1) is 16.1. The maximum atomic E-state index is 12.2. The van der Waals surface area contributed by atoms with E-state index in [2.05, 4.69) is 6.92 Å². The summed E-state index contributed by atoms with van der Waals surface area (Å²) in [4.78, 5) is 2.50. The van der Waals surface area contributed by atoms with Crippen molar-refractivity contribution in [3.05, 3.63) is 29.8 Å². The van der Waals surface area contributed by atoms with Crippen LogP contribution in [-0.2, 0) is 9.84 Å². The van der Waals surface area contributed by atoms with E-state index < -0.39 is 9.84 Å². The lowest BCUT2D eigenvalue weighted by molar-refractivity contribution is 0.354. The van der Waals surface area contributed by atoms with Crippen molar-refractivity contribution >= 4 is 27.0 Å². The highest BCUT2D eigenvalue weighted by Crippen LogP contribution is 2.13. The number of benzene rings is 1. The van der Waals surface area contributed by atoms with Crippen LogP contribution in [0.4, 0.5) is 0 Å². The van der Waals surface area contributed by atoms with E-state index in [-0.39, 0.29) is 15.6 Å². The van der Waals surface area contributed by atoms with Gasteiger partial charge in [0, 0.05) is 12.1 Å². The summed E-state index contributed by atoms with van der Waals surface area (Å²) in [5.41, 5.74) is 6.10. The molecule has 2 N–H and O–H groups in total. The number of hydrogen-bond acceptors (Lipinski definition) is 4. The maximum absolute atomic E-state index is 12.2. The van der Waals surface area contributed by atoms with Crippen LogP contribution in [0.1, 0.15) is 18.9 Å². The van der Waals surface area contributed by atoms with Crippen molar-refractivity contribution < 1.29 is 8.42 Å². The summed E-state index contributed by atoms with van der Waals surface area (Å²) in [6.45, 7) is 3.48. The molecule has 0 atom stereocenters. The van der Waals surface area contributed by atoms with Gasteiger partial charge in [-0.3, -0.25) is 0 Å². The fourth-order valence-corrected chi connectivity index (χ4v) is 3.24. The Kier molecular flexibility index (Phi) is 5.90. The van der Waals surface area contributed by atoms with Gasteiger partial charge in [-0.15, -0.1) is 0 Å². The zero-order chi connectivity index (χ0) is 14.5. The highest BCUT2D eigenvalue weighted by Gasteiger charge is 2.16. The van der Waals surface area contributed by atoms with Gasteiger partial charge in [0.2, 0.25) is 0 Å². The van der Waals surface area contributed by atoms with Crippen LogP contribution >= 0.6 is 12.2 Å². The molecule has 0 heterocycles. The second kappa shape index (κ2) is 6.98. The van der Waals surface area contributed by atoms with E-state index in [1.54, 1.807) is 18.2 Å². The molecule has 0 amide bonds.